The molecule has 5 nitrogen and oxygen atoms in total. The third kappa shape index (κ3) is 3.75. The van der Waals surface area contributed by atoms with E-state index in [-0.39, 0.29) is 17.0 Å². The monoisotopic (exact) mass is 338 g/mol. The van der Waals surface area contributed by atoms with E-state index < -0.39 is 0 Å². The minimum absolute atomic E-state index is 0.0568. The van der Waals surface area contributed by atoms with Crippen LogP contribution < -0.4 is 10.6 Å². The minimum Gasteiger partial charge on any atom is -0.355 e. The van der Waals surface area contributed by atoms with E-state index in [1.165, 1.54) is 29.2 Å². The lowest BCUT2D eigenvalue weighted by Crippen LogP contribution is -2.30. The van der Waals surface area contributed by atoms with Crippen LogP contribution in [-0.4, -0.2) is 27.9 Å². The van der Waals surface area contributed by atoms with Gasteiger partial charge in [0.15, 0.2) is 4.34 Å². The van der Waals surface area contributed by atoms with Crippen molar-refractivity contribution in [1.82, 2.24) is 15.5 Å². The summed E-state index contributed by atoms with van der Waals surface area (Å²) in [5.41, 5.74) is 0.363. The third-order valence-corrected chi connectivity index (χ3v) is 5.44. The van der Waals surface area contributed by atoms with E-state index in [0.29, 0.717) is 15.2 Å². The highest BCUT2D eigenvalue weighted by Crippen LogP contribution is 2.33. The molecule has 8 heteroatoms. The molecular formula is C14H15FN4OS2. The molecule has 0 unspecified atom stereocenters. The average Bonchev–Trinajstić information content (AvgIpc) is 2.85. The van der Waals surface area contributed by atoms with Crippen LogP contribution in [-0.2, 0) is 4.79 Å². The van der Waals surface area contributed by atoms with Gasteiger partial charge in [-0.1, -0.05) is 41.7 Å². The van der Waals surface area contributed by atoms with Crippen LogP contribution in [0.25, 0.3) is 0 Å². The zero-order chi connectivity index (χ0) is 15.4. The Hall–Kier alpha value is -1.67. The molecule has 1 amide bonds. The summed E-state index contributed by atoms with van der Waals surface area (Å²) in [6, 6.07) is 6.40. The van der Waals surface area contributed by atoms with Gasteiger partial charge in [0.1, 0.15) is 5.82 Å². The Labute approximate surface area is 135 Å². The molecular weight excluding hydrogens is 323 g/mol. The number of nitrogens with one attached hydrogen (secondary N) is 2. The molecule has 3 rings (SSSR count). The second-order valence-corrected chi connectivity index (χ2v) is 7.30. The normalized spacial score (nSPS) is 18.6. The molecule has 1 atom stereocenters. The average molecular weight is 338 g/mol. The Morgan fingerprint density at radius 1 is 1.32 bits per heavy atom. The number of carbonyl (C=O) groups is 1. The number of hydrogen-bond acceptors (Lipinski definition) is 6. The van der Waals surface area contributed by atoms with Gasteiger partial charge in [0.25, 0.3) is 0 Å². The van der Waals surface area contributed by atoms with Gasteiger partial charge in [-0.05, 0) is 25.0 Å². The van der Waals surface area contributed by atoms with E-state index in [0.717, 1.165) is 25.8 Å². The molecule has 2 aromatic rings. The van der Waals surface area contributed by atoms with Crippen LogP contribution in [0.1, 0.15) is 19.3 Å². The van der Waals surface area contributed by atoms with E-state index in [2.05, 4.69) is 20.8 Å². The van der Waals surface area contributed by atoms with E-state index in [4.69, 9.17) is 0 Å². The highest BCUT2D eigenvalue weighted by atomic mass is 32.2. The van der Waals surface area contributed by atoms with Gasteiger partial charge in [-0.25, -0.2) is 4.39 Å². The van der Waals surface area contributed by atoms with Crippen LogP contribution in [0.15, 0.2) is 28.6 Å². The quantitative estimate of drug-likeness (QED) is 0.896. The largest absolute Gasteiger partial charge is 0.355 e. The number of nitrogens with zero attached hydrogens (tertiary/aromatic N) is 2. The number of anilines is 2. The van der Waals surface area contributed by atoms with Crippen molar-refractivity contribution in [2.45, 2.75) is 28.9 Å². The number of halogens is 1. The van der Waals surface area contributed by atoms with Crippen LogP contribution >= 0.6 is 23.1 Å². The molecule has 1 saturated heterocycles. The van der Waals surface area contributed by atoms with Gasteiger partial charge >= 0.3 is 0 Å². The molecule has 0 spiro atoms. The molecule has 22 heavy (non-hydrogen) atoms. The number of carbonyl (C=O) groups excluding carboxylic acids is 1. The molecule has 116 valence electrons. The molecule has 2 N–H and O–H groups in total. The van der Waals surface area contributed by atoms with Crippen LogP contribution in [0.4, 0.5) is 15.2 Å². The molecule has 1 aromatic carbocycles. The second-order valence-electron chi connectivity index (χ2n) is 4.87. The van der Waals surface area contributed by atoms with Crippen molar-refractivity contribution in [3.8, 4) is 0 Å². The van der Waals surface area contributed by atoms with Gasteiger partial charge in [-0.15, -0.1) is 10.2 Å². The number of para-hydroxylation sites is 1. The van der Waals surface area contributed by atoms with Crippen molar-refractivity contribution in [3.63, 3.8) is 0 Å². The lowest BCUT2D eigenvalue weighted by molar-refractivity contribution is -0.120. The van der Waals surface area contributed by atoms with Gasteiger partial charge in [0.05, 0.1) is 10.9 Å². The maximum atomic E-state index is 13.6. The van der Waals surface area contributed by atoms with Gasteiger partial charge in [-0.3, -0.25) is 4.79 Å². The standard InChI is InChI=1S/C14H15FN4OS2/c15-9-5-1-2-6-10(9)17-13-18-19-14(22-13)21-11-7-3-4-8-16-12(11)20/h1-2,5-6,11H,3-4,7-8H2,(H,16,20)(H,17,18)/t11-/m0/s1. The molecule has 0 bridgehead atoms. The molecule has 1 aliphatic heterocycles. The number of amides is 1. The van der Waals surface area contributed by atoms with E-state index in [9.17, 15) is 9.18 Å². The predicted octanol–water partition coefficient (Wildman–Crippen LogP) is 3.18. The molecule has 1 fully saturated rings. The highest BCUT2D eigenvalue weighted by molar-refractivity contribution is 8.02. The lowest BCUT2D eigenvalue weighted by atomic mass is 10.2. The van der Waals surface area contributed by atoms with Gasteiger partial charge in [-0.2, -0.15) is 0 Å². The molecule has 1 aliphatic rings. The molecule has 0 radical (unpaired) electrons. The summed E-state index contributed by atoms with van der Waals surface area (Å²) in [5, 5.41) is 14.3. The second kappa shape index (κ2) is 7.06. The smallest absolute Gasteiger partial charge is 0.233 e. The third-order valence-electron chi connectivity index (χ3n) is 3.25. The number of benzene rings is 1. The van der Waals surface area contributed by atoms with E-state index in [1.807, 2.05) is 0 Å². The fourth-order valence-corrected chi connectivity index (χ4v) is 4.20. The topological polar surface area (TPSA) is 66.9 Å². The molecule has 0 saturated carbocycles. The summed E-state index contributed by atoms with van der Waals surface area (Å²) in [5.74, 6) is -0.281. The number of rotatable bonds is 4. The Morgan fingerprint density at radius 3 is 3.05 bits per heavy atom. The van der Waals surface area contributed by atoms with Crippen LogP contribution in [0, 0.1) is 5.82 Å². The molecule has 1 aromatic heterocycles. The van der Waals surface area contributed by atoms with Crippen LogP contribution in [0.3, 0.4) is 0 Å². The van der Waals surface area contributed by atoms with Crippen molar-refractivity contribution in [3.05, 3.63) is 30.1 Å². The Balaban J connectivity index is 1.66. The summed E-state index contributed by atoms with van der Waals surface area (Å²) < 4.78 is 14.3. The Bertz CT molecular complexity index is 664. The van der Waals surface area contributed by atoms with E-state index >= 15 is 0 Å². The lowest BCUT2D eigenvalue weighted by Gasteiger charge is -2.09. The van der Waals surface area contributed by atoms with Crippen LogP contribution in [0.5, 0.6) is 0 Å². The molecule has 2 heterocycles. The summed E-state index contributed by atoms with van der Waals surface area (Å²) in [6.07, 6.45) is 2.88. The Morgan fingerprint density at radius 2 is 2.18 bits per heavy atom. The van der Waals surface area contributed by atoms with Crippen LogP contribution in [0.2, 0.25) is 0 Å². The van der Waals surface area contributed by atoms with Crippen molar-refractivity contribution in [2.75, 3.05) is 11.9 Å². The maximum absolute atomic E-state index is 13.6. The first-order valence-corrected chi connectivity index (χ1v) is 8.71. The van der Waals surface area contributed by atoms with Gasteiger partial charge in [0, 0.05) is 6.54 Å². The maximum Gasteiger partial charge on any atom is 0.233 e. The van der Waals surface area contributed by atoms with Gasteiger partial charge < -0.3 is 10.6 Å². The Kier molecular flexibility index (Phi) is 4.89. The first kappa shape index (κ1) is 15.2. The zero-order valence-corrected chi connectivity index (χ0v) is 13.3. The molecule has 0 aliphatic carbocycles. The van der Waals surface area contributed by atoms with Gasteiger partial charge in [0.2, 0.25) is 11.0 Å². The number of aromatic nitrogens is 2. The zero-order valence-electron chi connectivity index (χ0n) is 11.7. The minimum atomic E-state index is -0.338. The highest BCUT2D eigenvalue weighted by Gasteiger charge is 2.23. The summed E-state index contributed by atoms with van der Waals surface area (Å²) in [4.78, 5) is 11.9. The van der Waals surface area contributed by atoms with Crippen molar-refractivity contribution < 1.29 is 9.18 Å². The summed E-state index contributed by atoms with van der Waals surface area (Å²) in [7, 11) is 0. The summed E-state index contributed by atoms with van der Waals surface area (Å²) in [6.45, 7) is 0.742. The fraction of sp³-hybridized carbons (Fsp3) is 0.357. The van der Waals surface area contributed by atoms with Crippen molar-refractivity contribution in [1.29, 1.82) is 0 Å². The summed E-state index contributed by atoms with van der Waals surface area (Å²) >= 11 is 2.74. The SMILES string of the molecule is O=C1NCCCC[C@@H]1Sc1nnc(Nc2ccccc2F)s1. The number of hydrogen-bond donors (Lipinski definition) is 2. The van der Waals surface area contributed by atoms with E-state index in [1.54, 1.807) is 18.2 Å². The first-order chi connectivity index (χ1) is 10.7. The number of thioether (sulfide) groups is 1. The van der Waals surface area contributed by atoms with Crippen molar-refractivity contribution >= 4 is 39.8 Å². The fourth-order valence-electron chi connectivity index (χ4n) is 2.13. The van der Waals surface area contributed by atoms with Crippen molar-refractivity contribution in [2.24, 2.45) is 0 Å². The first-order valence-electron chi connectivity index (χ1n) is 7.02. The predicted molar refractivity (Wildman–Crippen MR) is 86.1 cm³/mol.